The zero-order chi connectivity index (χ0) is 23.2. The van der Waals surface area contributed by atoms with Crippen LogP contribution in [0, 0.1) is 11.8 Å². The van der Waals surface area contributed by atoms with Gasteiger partial charge in [-0.25, -0.2) is 0 Å². The van der Waals surface area contributed by atoms with Gasteiger partial charge in [0.05, 0.1) is 0 Å². The number of unbranched alkanes of at least 4 members (excludes halogenated alkanes) is 2. The van der Waals surface area contributed by atoms with Gasteiger partial charge in [0.1, 0.15) is 0 Å². The molecule has 0 aliphatic heterocycles. The molecule has 0 radical (unpaired) electrons. The molecule has 0 aliphatic rings. The summed E-state index contributed by atoms with van der Waals surface area (Å²) < 4.78 is 3.25. The van der Waals surface area contributed by atoms with E-state index < -0.39 is 11.9 Å². The molecule has 0 aromatic carbocycles. The molecule has 2 atom stereocenters. The van der Waals surface area contributed by atoms with E-state index in [-0.39, 0.29) is 45.8 Å². The summed E-state index contributed by atoms with van der Waals surface area (Å²) in [7, 11) is 0. The second-order valence-electron chi connectivity index (χ2n) is 6.34. The maximum atomic E-state index is 9.98. The molecular formula is C20H32O4S4Sn. The molecule has 0 spiro atoms. The normalized spacial score (nSPS) is 11.2. The van der Waals surface area contributed by atoms with Crippen LogP contribution in [0.5, 0.6) is 0 Å². The fraction of sp³-hybridized carbons (Fsp3) is 0.700. The number of aliphatic carboxylic acids is 2. The number of carbonyl (C=O) groups excluding carboxylic acids is 2. The molecule has 0 saturated heterocycles. The predicted octanol–water partition coefficient (Wildman–Crippen LogP) is 3.39. The average Bonchev–Trinajstić information content (AvgIpc) is 2.66. The minimum absolute atomic E-state index is 0.0945. The first kappa shape index (κ1) is 33.7. The number of thiocarbonyl (C=S) groups is 4. The molecule has 0 N–H and O–H groups in total. The Labute approximate surface area is 207 Å². The van der Waals surface area contributed by atoms with Crippen LogP contribution in [0.25, 0.3) is 0 Å². The van der Waals surface area contributed by atoms with Crippen molar-refractivity contribution in [1.82, 2.24) is 0 Å². The molecule has 0 saturated carbocycles. The van der Waals surface area contributed by atoms with Gasteiger partial charge in [0.2, 0.25) is 0 Å². The Morgan fingerprint density at radius 2 is 1.14 bits per heavy atom. The van der Waals surface area contributed by atoms with Crippen LogP contribution in [0.2, 0.25) is 8.87 Å². The van der Waals surface area contributed by atoms with E-state index in [2.05, 4.69) is 38.3 Å². The number of rotatable bonds is 14. The van der Waals surface area contributed by atoms with Crippen LogP contribution < -0.4 is 10.2 Å². The summed E-state index contributed by atoms with van der Waals surface area (Å²) in [5, 5.41) is 22.9. The van der Waals surface area contributed by atoms with Gasteiger partial charge in [-0.15, -0.1) is 0 Å². The molecule has 2 unspecified atom stereocenters. The Morgan fingerprint density at radius 1 is 0.828 bits per heavy atom. The summed E-state index contributed by atoms with van der Waals surface area (Å²) in [6.45, 7) is 8.11. The van der Waals surface area contributed by atoms with Crippen molar-refractivity contribution in [2.75, 3.05) is 0 Å². The Balaban J connectivity index is -0.000000350. The van der Waals surface area contributed by atoms with Crippen molar-refractivity contribution in [2.24, 2.45) is 11.8 Å². The van der Waals surface area contributed by atoms with Crippen LogP contribution in [0.1, 0.15) is 66.2 Å². The SMILES string of the molecule is CC(C=S)C(=S)CC(=O)[O-].CC(C=S)C(=S)CC(=O)[O-].CCC[CH2][Sn+2][CH2]CCC. The van der Waals surface area contributed by atoms with Crippen molar-refractivity contribution >= 4 is 102 Å². The average molecular weight is 583 g/mol. The van der Waals surface area contributed by atoms with Crippen LogP contribution in [0.3, 0.4) is 0 Å². The van der Waals surface area contributed by atoms with Gasteiger partial charge in [0.15, 0.2) is 0 Å². The van der Waals surface area contributed by atoms with Crippen molar-refractivity contribution in [3.05, 3.63) is 0 Å². The Morgan fingerprint density at radius 3 is 1.34 bits per heavy atom. The fourth-order valence-electron chi connectivity index (χ4n) is 1.49. The number of carboxylic acid groups (broad SMARTS) is 2. The topological polar surface area (TPSA) is 80.3 Å². The molecule has 0 fully saturated rings. The zero-order valence-electron chi connectivity index (χ0n) is 17.7. The molecule has 0 bridgehead atoms. The predicted molar refractivity (Wildman–Crippen MR) is 135 cm³/mol. The van der Waals surface area contributed by atoms with Crippen molar-refractivity contribution in [2.45, 2.75) is 75.1 Å². The van der Waals surface area contributed by atoms with Crippen molar-refractivity contribution in [1.29, 1.82) is 0 Å². The van der Waals surface area contributed by atoms with Gasteiger partial charge in [0.25, 0.3) is 0 Å². The van der Waals surface area contributed by atoms with Gasteiger partial charge in [-0.05, 0) is 10.7 Å². The number of hydrogen-bond donors (Lipinski definition) is 0. The van der Waals surface area contributed by atoms with E-state index in [1.165, 1.54) is 36.4 Å². The van der Waals surface area contributed by atoms with Crippen LogP contribution in [-0.4, -0.2) is 53.5 Å². The van der Waals surface area contributed by atoms with Crippen LogP contribution in [-0.2, 0) is 9.59 Å². The first-order valence-electron chi connectivity index (χ1n) is 9.63. The quantitative estimate of drug-likeness (QED) is 0.175. The van der Waals surface area contributed by atoms with Gasteiger partial charge >= 0.3 is 69.5 Å². The number of hydrogen-bond acceptors (Lipinski definition) is 8. The van der Waals surface area contributed by atoms with E-state index in [0.29, 0.717) is 9.73 Å². The third-order valence-electron chi connectivity index (χ3n) is 3.48. The molecule has 9 heteroatoms. The summed E-state index contributed by atoms with van der Waals surface area (Å²) in [6, 6.07) is 0. The number of carbonyl (C=O) groups is 2. The Bertz CT molecular complexity index is 469. The summed E-state index contributed by atoms with van der Waals surface area (Å²) in [4.78, 5) is 20.8. The summed E-state index contributed by atoms with van der Waals surface area (Å²) in [5.41, 5.74) is 0. The third kappa shape index (κ3) is 28.1. The Hall–Kier alpha value is 0.0987. The first-order valence-corrected chi connectivity index (χ1v) is 15.4. The first-order chi connectivity index (χ1) is 13.6. The van der Waals surface area contributed by atoms with Crippen molar-refractivity contribution in [3.8, 4) is 0 Å². The molecule has 4 nitrogen and oxygen atoms in total. The van der Waals surface area contributed by atoms with Crippen molar-refractivity contribution in [3.63, 3.8) is 0 Å². The third-order valence-corrected chi connectivity index (χ3v) is 9.36. The molecule has 0 rings (SSSR count). The van der Waals surface area contributed by atoms with Crippen LogP contribution in [0.4, 0.5) is 0 Å². The number of carboxylic acids is 2. The zero-order valence-corrected chi connectivity index (χ0v) is 23.9. The molecule has 0 aliphatic carbocycles. The summed E-state index contributed by atoms with van der Waals surface area (Å²) in [6.07, 6.45) is 5.49. The van der Waals surface area contributed by atoms with E-state index in [9.17, 15) is 19.8 Å². The van der Waals surface area contributed by atoms with Gasteiger partial charge in [-0.1, -0.05) is 62.7 Å². The minimum atomic E-state index is -1.14. The van der Waals surface area contributed by atoms with Gasteiger partial charge < -0.3 is 19.8 Å². The molecular weight excluding hydrogens is 551 g/mol. The fourth-order valence-corrected chi connectivity index (χ4v) is 6.52. The Kier molecular flexibility index (Phi) is 28.3. The van der Waals surface area contributed by atoms with Crippen molar-refractivity contribution < 1.29 is 19.8 Å². The molecule has 0 amide bonds. The van der Waals surface area contributed by atoms with Crippen LogP contribution in [0.15, 0.2) is 0 Å². The van der Waals surface area contributed by atoms with Gasteiger partial charge in [-0.3, -0.25) is 0 Å². The monoisotopic (exact) mass is 584 g/mol. The molecule has 164 valence electrons. The molecule has 0 aromatic heterocycles. The molecule has 0 heterocycles. The standard InChI is InChI=1S/2C6H8O2S2.2C4H9.Sn/c2*1-4(3-9)5(10)2-6(7)8;2*1-3-4-2;/h2*3-4H,2H2,1H3,(H,7,8);2*1,3-4H2,2H3;/q;;;;+2/p-2. The van der Waals surface area contributed by atoms with E-state index in [4.69, 9.17) is 24.4 Å². The second-order valence-corrected chi connectivity index (χ2v) is 12.2. The van der Waals surface area contributed by atoms with Gasteiger partial charge in [-0.2, -0.15) is 0 Å². The van der Waals surface area contributed by atoms with E-state index in [1.807, 2.05) is 0 Å². The van der Waals surface area contributed by atoms with Crippen LogP contribution >= 0.6 is 48.9 Å². The molecule has 0 aromatic rings. The van der Waals surface area contributed by atoms with E-state index in [1.54, 1.807) is 22.7 Å². The van der Waals surface area contributed by atoms with E-state index >= 15 is 0 Å². The summed E-state index contributed by atoms with van der Waals surface area (Å²) in [5.74, 6) is -2.48. The van der Waals surface area contributed by atoms with E-state index in [0.717, 1.165) is 0 Å². The molecule has 29 heavy (non-hydrogen) atoms. The maximum absolute atomic E-state index is 9.98. The summed E-state index contributed by atoms with van der Waals surface area (Å²) >= 11 is 18.8. The second kappa shape index (κ2) is 24.4. The van der Waals surface area contributed by atoms with Gasteiger partial charge in [0, 0.05) is 46.3 Å².